The van der Waals surface area contributed by atoms with Crippen LogP contribution in [0.25, 0.3) is 0 Å². The number of piperidine rings is 1. The molecule has 0 N–H and O–H groups in total. The standard InChI is InChI=1S/C24H27F3N2O3/c1-24(2,3)29(23(31)32-4)21-14-28(13-15-8-6-5-7-9-15)22(30)11-17(21)16-10-19(26)20(27)12-18(16)25/h5-10,12,17,21H,11,13-14H2,1-4H3/t17-,21+/m1/s1. The van der Waals surface area contributed by atoms with Crippen LogP contribution < -0.4 is 0 Å². The van der Waals surface area contributed by atoms with Crippen molar-refractivity contribution in [3.63, 3.8) is 0 Å². The number of methoxy groups -OCH3 is 1. The fourth-order valence-electron chi connectivity index (χ4n) is 4.27. The molecule has 1 fully saturated rings. The zero-order valence-electron chi connectivity index (χ0n) is 18.6. The van der Waals surface area contributed by atoms with E-state index in [-0.39, 0.29) is 24.4 Å². The lowest BCUT2D eigenvalue weighted by Crippen LogP contribution is -2.60. The van der Waals surface area contributed by atoms with Gasteiger partial charge < -0.3 is 9.64 Å². The molecule has 172 valence electrons. The molecule has 8 heteroatoms. The van der Waals surface area contributed by atoms with E-state index in [1.165, 1.54) is 12.0 Å². The molecule has 2 atom stereocenters. The first-order valence-corrected chi connectivity index (χ1v) is 10.4. The van der Waals surface area contributed by atoms with Gasteiger partial charge in [-0.25, -0.2) is 18.0 Å². The average molecular weight is 448 g/mol. The van der Waals surface area contributed by atoms with E-state index in [2.05, 4.69) is 0 Å². The van der Waals surface area contributed by atoms with Gasteiger partial charge in [0.25, 0.3) is 0 Å². The SMILES string of the molecule is COC(=O)N([C@H]1CN(Cc2ccccc2)C(=O)C[C@@H]1c1cc(F)c(F)cc1F)C(C)(C)C. The Labute approximate surface area is 185 Å². The highest BCUT2D eigenvalue weighted by Crippen LogP contribution is 2.38. The Morgan fingerprint density at radius 2 is 1.72 bits per heavy atom. The lowest BCUT2D eigenvalue weighted by Gasteiger charge is -2.48. The summed E-state index contributed by atoms with van der Waals surface area (Å²) in [5.41, 5.74) is 0.0151. The first-order valence-electron chi connectivity index (χ1n) is 10.4. The second-order valence-electron chi connectivity index (χ2n) is 8.94. The topological polar surface area (TPSA) is 49.9 Å². The maximum absolute atomic E-state index is 14.7. The number of carbonyl (C=O) groups excluding carboxylic acids is 2. The molecule has 2 aromatic carbocycles. The Kier molecular flexibility index (Phi) is 6.81. The van der Waals surface area contributed by atoms with Crippen LogP contribution in [-0.4, -0.2) is 47.0 Å². The molecular weight excluding hydrogens is 421 g/mol. The Hall–Kier alpha value is -3.03. The summed E-state index contributed by atoms with van der Waals surface area (Å²) in [4.78, 5) is 28.8. The third kappa shape index (κ3) is 4.89. The minimum atomic E-state index is -1.31. The van der Waals surface area contributed by atoms with Crippen LogP contribution in [0, 0.1) is 17.5 Å². The van der Waals surface area contributed by atoms with Crippen LogP contribution in [0.1, 0.15) is 44.2 Å². The molecule has 0 spiro atoms. The van der Waals surface area contributed by atoms with E-state index in [1.807, 2.05) is 30.3 Å². The molecular formula is C24H27F3N2O3. The summed E-state index contributed by atoms with van der Waals surface area (Å²) in [6.07, 6.45) is -0.812. The van der Waals surface area contributed by atoms with Crippen LogP contribution in [0.2, 0.25) is 0 Å². The van der Waals surface area contributed by atoms with Gasteiger partial charge >= 0.3 is 6.09 Å². The molecule has 3 rings (SSSR count). The van der Waals surface area contributed by atoms with Gasteiger partial charge in [-0.15, -0.1) is 0 Å². The van der Waals surface area contributed by atoms with Crippen molar-refractivity contribution in [1.82, 2.24) is 9.80 Å². The Morgan fingerprint density at radius 3 is 2.31 bits per heavy atom. The summed E-state index contributed by atoms with van der Waals surface area (Å²) in [6, 6.07) is 9.88. The quantitative estimate of drug-likeness (QED) is 0.628. The van der Waals surface area contributed by atoms with Crippen LogP contribution in [-0.2, 0) is 16.1 Å². The highest BCUT2D eigenvalue weighted by Gasteiger charge is 2.45. The van der Waals surface area contributed by atoms with Crippen molar-refractivity contribution in [3.8, 4) is 0 Å². The molecule has 0 bridgehead atoms. The lowest BCUT2D eigenvalue weighted by atomic mass is 9.81. The first kappa shape index (κ1) is 23.6. The van der Waals surface area contributed by atoms with Crippen molar-refractivity contribution in [2.24, 2.45) is 0 Å². The van der Waals surface area contributed by atoms with Gasteiger partial charge in [0.2, 0.25) is 5.91 Å². The minimum absolute atomic E-state index is 0.0865. The molecule has 2 aromatic rings. The van der Waals surface area contributed by atoms with Crippen molar-refractivity contribution < 1.29 is 27.5 Å². The highest BCUT2D eigenvalue weighted by atomic mass is 19.2. The second-order valence-corrected chi connectivity index (χ2v) is 8.94. The number of likely N-dealkylation sites (tertiary alicyclic amines) is 1. The zero-order chi connectivity index (χ0) is 23.6. The number of ether oxygens (including phenoxy) is 1. The van der Waals surface area contributed by atoms with Crippen LogP contribution in [0.3, 0.4) is 0 Å². The maximum atomic E-state index is 14.7. The summed E-state index contributed by atoms with van der Waals surface area (Å²) in [5.74, 6) is -4.61. The Bertz CT molecular complexity index is 992. The predicted octanol–water partition coefficient (Wildman–Crippen LogP) is 4.86. The summed E-state index contributed by atoms with van der Waals surface area (Å²) in [6.45, 7) is 5.77. The van der Waals surface area contributed by atoms with Crippen molar-refractivity contribution in [3.05, 3.63) is 71.0 Å². The molecule has 0 aliphatic carbocycles. The highest BCUT2D eigenvalue weighted by molar-refractivity contribution is 5.79. The molecule has 2 amide bonds. The van der Waals surface area contributed by atoms with Crippen molar-refractivity contribution in [2.75, 3.05) is 13.7 Å². The van der Waals surface area contributed by atoms with E-state index >= 15 is 0 Å². The van der Waals surface area contributed by atoms with E-state index in [0.717, 1.165) is 11.6 Å². The predicted molar refractivity (Wildman–Crippen MR) is 113 cm³/mol. The van der Waals surface area contributed by atoms with Gasteiger partial charge in [0.05, 0.1) is 13.2 Å². The molecule has 32 heavy (non-hydrogen) atoms. The second kappa shape index (κ2) is 9.22. The van der Waals surface area contributed by atoms with E-state index < -0.39 is 41.0 Å². The van der Waals surface area contributed by atoms with Crippen LogP contribution in [0.4, 0.5) is 18.0 Å². The fraction of sp³-hybridized carbons (Fsp3) is 0.417. The average Bonchev–Trinajstić information content (AvgIpc) is 2.72. The minimum Gasteiger partial charge on any atom is -0.453 e. The summed E-state index contributed by atoms with van der Waals surface area (Å²) in [5, 5.41) is 0. The van der Waals surface area contributed by atoms with Gasteiger partial charge in [0, 0.05) is 37.0 Å². The van der Waals surface area contributed by atoms with Crippen LogP contribution in [0.5, 0.6) is 0 Å². The van der Waals surface area contributed by atoms with Gasteiger partial charge in [-0.3, -0.25) is 9.69 Å². The van der Waals surface area contributed by atoms with E-state index in [9.17, 15) is 22.8 Å². The van der Waals surface area contributed by atoms with Gasteiger partial charge in [-0.05, 0) is 38.0 Å². The van der Waals surface area contributed by atoms with E-state index in [4.69, 9.17) is 4.74 Å². The molecule has 0 unspecified atom stereocenters. The number of hydrogen-bond acceptors (Lipinski definition) is 3. The van der Waals surface area contributed by atoms with Crippen molar-refractivity contribution >= 4 is 12.0 Å². The third-order valence-electron chi connectivity index (χ3n) is 5.70. The van der Waals surface area contributed by atoms with Gasteiger partial charge in [0.1, 0.15) is 5.82 Å². The van der Waals surface area contributed by atoms with Crippen LogP contribution in [0.15, 0.2) is 42.5 Å². The summed E-state index contributed by atoms with van der Waals surface area (Å²) < 4.78 is 47.3. The molecule has 0 saturated carbocycles. The summed E-state index contributed by atoms with van der Waals surface area (Å²) in [7, 11) is 1.24. The monoisotopic (exact) mass is 448 g/mol. The maximum Gasteiger partial charge on any atom is 0.410 e. The Morgan fingerprint density at radius 1 is 1.09 bits per heavy atom. The van der Waals surface area contributed by atoms with Gasteiger partial charge in [-0.2, -0.15) is 0 Å². The third-order valence-corrected chi connectivity index (χ3v) is 5.70. The van der Waals surface area contributed by atoms with Crippen molar-refractivity contribution in [2.45, 2.75) is 51.2 Å². The van der Waals surface area contributed by atoms with Gasteiger partial charge in [-0.1, -0.05) is 30.3 Å². The molecule has 1 saturated heterocycles. The Balaban J connectivity index is 2.06. The molecule has 1 aliphatic heterocycles. The zero-order valence-corrected chi connectivity index (χ0v) is 18.6. The number of halogens is 3. The smallest absolute Gasteiger partial charge is 0.410 e. The lowest BCUT2D eigenvalue weighted by molar-refractivity contribution is -0.137. The molecule has 0 radical (unpaired) electrons. The number of rotatable bonds is 4. The number of nitrogens with zero attached hydrogens (tertiary/aromatic N) is 2. The molecule has 1 aliphatic rings. The van der Waals surface area contributed by atoms with Crippen molar-refractivity contribution in [1.29, 1.82) is 0 Å². The number of benzene rings is 2. The first-order chi connectivity index (χ1) is 15.0. The molecule has 1 heterocycles. The number of carbonyl (C=O) groups is 2. The fourth-order valence-corrected chi connectivity index (χ4v) is 4.27. The van der Waals surface area contributed by atoms with E-state index in [1.54, 1.807) is 25.7 Å². The normalized spacial score (nSPS) is 19.1. The molecule has 5 nitrogen and oxygen atoms in total. The molecule has 0 aromatic heterocycles. The largest absolute Gasteiger partial charge is 0.453 e. The van der Waals surface area contributed by atoms with Gasteiger partial charge in [0.15, 0.2) is 11.6 Å². The van der Waals surface area contributed by atoms with E-state index in [0.29, 0.717) is 12.6 Å². The summed E-state index contributed by atoms with van der Waals surface area (Å²) >= 11 is 0. The van der Waals surface area contributed by atoms with Crippen LogP contribution >= 0.6 is 0 Å². The number of hydrogen-bond donors (Lipinski definition) is 0. The number of amides is 2.